The van der Waals surface area contributed by atoms with Crippen LogP contribution in [0.2, 0.25) is 0 Å². The van der Waals surface area contributed by atoms with Crippen LogP contribution in [0.1, 0.15) is 23.8 Å². The molecular formula is C14H17N5OS. The first-order valence-electron chi connectivity index (χ1n) is 7.26. The third-order valence-electron chi connectivity index (χ3n) is 4.06. The van der Waals surface area contributed by atoms with Gasteiger partial charge in [0.25, 0.3) is 0 Å². The molecule has 3 aromatic rings. The minimum absolute atomic E-state index is 0.0639. The highest BCUT2D eigenvalue weighted by molar-refractivity contribution is 7.19. The molecule has 0 fully saturated rings. The highest BCUT2D eigenvalue weighted by atomic mass is 32.1. The van der Waals surface area contributed by atoms with Crippen LogP contribution in [0, 0.1) is 5.92 Å². The predicted molar refractivity (Wildman–Crippen MR) is 82.9 cm³/mol. The van der Waals surface area contributed by atoms with Crippen LogP contribution in [-0.2, 0) is 12.8 Å². The molecule has 1 aliphatic rings. The number of aliphatic hydroxyl groups is 1. The predicted octanol–water partition coefficient (Wildman–Crippen LogP) is 1.87. The monoisotopic (exact) mass is 303 g/mol. The van der Waals surface area contributed by atoms with Gasteiger partial charge in [0, 0.05) is 11.4 Å². The molecule has 0 aromatic carbocycles. The number of thiophene rings is 1. The van der Waals surface area contributed by atoms with Crippen molar-refractivity contribution in [2.45, 2.75) is 26.2 Å². The number of nitrogens with zero attached hydrogens (tertiary/aromatic N) is 4. The van der Waals surface area contributed by atoms with Gasteiger partial charge < -0.3 is 10.4 Å². The van der Waals surface area contributed by atoms with Crippen LogP contribution in [-0.4, -0.2) is 37.8 Å². The first kappa shape index (κ1) is 13.0. The molecule has 0 amide bonds. The van der Waals surface area contributed by atoms with Crippen LogP contribution in [0.25, 0.3) is 15.9 Å². The van der Waals surface area contributed by atoms with Crippen molar-refractivity contribution in [1.82, 2.24) is 19.6 Å². The van der Waals surface area contributed by atoms with Crippen molar-refractivity contribution >= 4 is 33.1 Å². The van der Waals surface area contributed by atoms with Crippen LogP contribution in [0.15, 0.2) is 6.33 Å². The lowest BCUT2D eigenvalue weighted by Gasteiger charge is -2.17. The molecule has 4 rings (SSSR count). The fraction of sp³-hybridized carbons (Fsp3) is 0.500. The lowest BCUT2D eigenvalue weighted by molar-refractivity contribution is 0.310. The average molecular weight is 303 g/mol. The average Bonchev–Trinajstić information content (AvgIpc) is 3.07. The third-order valence-corrected chi connectivity index (χ3v) is 5.25. The van der Waals surface area contributed by atoms with Crippen LogP contribution in [0.5, 0.6) is 0 Å². The van der Waals surface area contributed by atoms with E-state index < -0.39 is 0 Å². The van der Waals surface area contributed by atoms with Gasteiger partial charge in [0.1, 0.15) is 11.2 Å². The molecule has 7 heteroatoms. The molecule has 21 heavy (non-hydrogen) atoms. The van der Waals surface area contributed by atoms with Crippen molar-refractivity contribution in [3.63, 3.8) is 0 Å². The molecule has 3 aromatic heterocycles. The fourth-order valence-electron chi connectivity index (χ4n) is 3.05. The number of fused-ring (bicyclic) bond motifs is 5. The number of hydrogen-bond acceptors (Lipinski definition) is 6. The molecule has 0 radical (unpaired) electrons. The van der Waals surface area contributed by atoms with E-state index in [0.29, 0.717) is 18.4 Å². The van der Waals surface area contributed by atoms with Crippen molar-refractivity contribution in [2.75, 3.05) is 18.5 Å². The number of nitrogens with one attached hydrogen (secondary N) is 1. The molecule has 2 N–H and O–H groups in total. The van der Waals surface area contributed by atoms with Gasteiger partial charge in [0.2, 0.25) is 5.95 Å². The Labute approximate surface area is 125 Å². The molecule has 0 saturated heterocycles. The second-order valence-electron chi connectivity index (χ2n) is 5.61. The van der Waals surface area contributed by atoms with Gasteiger partial charge in [-0.15, -0.1) is 11.3 Å². The molecule has 0 bridgehead atoms. The zero-order chi connectivity index (χ0) is 14.4. The van der Waals surface area contributed by atoms with E-state index in [1.165, 1.54) is 16.9 Å². The normalized spacial score (nSPS) is 18.3. The van der Waals surface area contributed by atoms with E-state index in [9.17, 15) is 0 Å². The molecule has 1 atom stereocenters. The van der Waals surface area contributed by atoms with E-state index in [2.05, 4.69) is 22.3 Å². The SMILES string of the molecule is C[C@@H]1CCc2sc3nc(NCCO)n4ncnc4c3c2C1. The zero-order valence-corrected chi connectivity index (χ0v) is 12.7. The van der Waals surface area contributed by atoms with Crippen molar-refractivity contribution in [3.8, 4) is 0 Å². The highest BCUT2D eigenvalue weighted by Crippen LogP contribution is 2.39. The van der Waals surface area contributed by atoms with Gasteiger partial charge in [0.15, 0.2) is 5.65 Å². The standard InChI is InChI=1S/C14H17N5OS/c1-8-2-3-10-9(6-8)11-12-16-7-17-19(12)14(15-4-5-20)18-13(11)21-10/h7-8,20H,2-6H2,1H3,(H,15,18)/t8-/m1/s1. The molecule has 1 aliphatic carbocycles. The van der Waals surface area contributed by atoms with Crippen molar-refractivity contribution < 1.29 is 5.11 Å². The Bertz CT molecular complexity index is 809. The summed E-state index contributed by atoms with van der Waals surface area (Å²) in [5, 5.41) is 17.5. The second-order valence-corrected chi connectivity index (χ2v) is 6.70. The maximum absolute atomic E-state index is 8.99. The van der Waals surface area contributed by atoms with Crippen molar-refractivity contribution in [1.29, 1.82) is 0 Å². The molecule has 0 spiro atoms. The number of aryl methyl sites for hydroxylation is 1. The van der Waals surface area contributed by atoms with Crippen LogP contribution >= 0.6 is 11.3 Å². The molecule has 6 nitrogen and oxygen atoms in total. The molecule has 0 unspecified atom stereocenters. The van der Waals surface area contributed by atoms with Gasteiger partial charge in [-0.05, 0) is 30.7 Å². The largest absolute Gasteiger partial charge is 0.395 e. The summed E-state index contributed by atoms with van der Waals surface area (Å²) in [5.41, 5.74) is 2.28. The van der Waals surface area contributed by atoms with Gasteiger partial charge in [-0.3, -0.25) is 0 Å². The van der Waals surface area contributed by atoms with Gasteiger partial charge in [-0.1, -0.05) is 6.92 Å². The van der Waals surface area contributed by atoms with E-state index in [-0.39, 0.29) is 6.61 Å². The molecule has 110 valence electrons. The van der Waals surface area contributed by atoms with Gasteiger partial charge >= 0.3 is 0 Å². The summed E-state index contributed by atoms with van der Waals surface area (Å²) < 4.78 is 1.74. The first-order valence-corrected chi connectivity index (χ1v) is 8.08. The number of rotatable bonds is 3. The number of anilines is 1. The highest BCUT2D eigenvalue weighted by Gasteiger charge is 2.24. The van der Waals surface area contributed by atoms with Crippen molar-refractivity contribution in [3.05, 3.63) is 16.8 Å². The molecule has 3 heterocycles. The zero-order valence-electron chi connectivity index (χ0n) is 11.8. The second kappa shape index (κ2) is 4.92. The van der Waals surface area contributed by atoms with Crippen LogP contribution in [0.4, 0.5) is 5.95 Å². The Morgan fingerprint density at radius 2 is 2.43 bits per heavy atom. The Morgan fingerprint density at radius 1 is 1.52 bits per heavy atom. The first-order chi connectivity index (χ1) is 10.3. The summed E-state index contributed by atoms with van der Waals surface area (Å²) in [5.74, 6) is 1.36. The third kappa shape index (κ3) is 1.99. The topological polar surface area (TPSA) is 75.3 Å². The van der Waals surface area contributed by atoms with Gasteiger partial charge in [0.05, 0.1) is 12.0 Å². The Morgan fingerprint density at radius 3 is 3.29 bits per heavy atom. The van der Waals surface area contributed by atoms with Crippen molar-refractivity contribution in [2.24, 2.45) is 5.92 Å². The van der Waals surface area contributed by atoms with E-state index in [1.807, 2.05) is 0 Å². The summed E-state index contributed by atoms with van der Waals surface area (Å²) >= 11 is 1.77. The summed E-state index contributed by atoms with van der Waals surface area (Å²) in [7, 11) is 0. The number of aromatic nitrogens is 4. The maximum Gasteiger partial charge on any atom is 0.227 e. The van der Waals surface area contributed by atoms with E-state index in [1.54, 1.807) is 22.2 Å². The maximum atomic E-state index is 8.99. The summed E-state index contributed by atoms with van der Waals surface area (Å²) in [6.07, 6.45) is 5.05. The quantitative estimate of drug-likeness (QED) is 0.772. The minimum atomic E-state index is 0.0639. The Balaban J connectivity index is 1.97. The number of aliphatic hydroxyl groups excluding tert-OH is 1. The lowest BCUT2D eigenvalue weighted by Crippen LogP contribution is -2.12. The van der Waals surface area contributed by atoms with E-state index >= 15 is 0 Å². The molecule has 0 aliphatic heterocycles. The fourth-order valence-corrected chi connectivity index (χ4v) is 4.26. The van der Waals surface area contributed by atoms with Gasteiger partial charge in [-0.25, -0.2) is 9.97 Å². The Hall–Kier alpha value is -1.73. The van der Waals surface area contributed by atoms with Crippen LogP contribution < -0.4 is 5.32 Å². The van der Waals surface area contributed by atoms with Crippen LogP contribution in [0.3, 0.4) is 0 Å². The Kier molecular flexibility index (Phi) is 3.04. The molecular weight excluding hydrogens is 286 g/mol. The van der Waals surface area contributed by atoms with E-state index in [4.69, 9.17) is 10.1 Å². The smallest absolute Gasteiger partial charge is 0.227 e. The van der Waals surface area contributed by atoms with E-state index in [0.717, 1.165) is 28.7 Å². The minimum Gasteiger partial charge on any atom is -0.395 e. The summed E-state index contributed by atoms with van der Waals surface area (Å²) in [6, 6.07) is 0. The number of hydrogen-bond donors (Lipinski definition) is 2. The lowest BCUT2D eigenvalue weighted by atomic mass is 9.89. The summed E-state index contributed by atoms with van der Waals surface area (Å²) in [6.45, 7) is 2.82. The summed E-state index contributed by atoms with van der Waals surface area (Å²) in [4.78, 5) is 11.6. The molecule has 0 saturated carbocycles. The van der Waals surface area contributed by atoms with Gasteiger partial charge in [-0.2, -0.15) is 9.61 Å².